The smallest absolute Gasteiger partial charge is 0.335 e. The van der Waals surface area contributed by atoms with Crippen LogP contribution in [0.15, 0.2) is 23.1 Å². The number of carboxylic acids is 1. The fraction of sp³-hybridized carbons (Fsp3) is 0.300. The van der Waals surface area contributed by atoms with Crippen molar-refractivity contribution in [2.75, 3.05) is 12.4 Å². The van der Waals surface area contributed by atoms with E-state index in [0.29, 0.717) is 17.1 Å². The molecule has 0 saturated heterocycles. The van der Waals surface area contributed by atoms with E-state index in [9.17, 15) is 14.9 Å². The highest BCUT2D eigenvalue weighted by atomic mass is 32.2. The van der Waals surface area contributed by atoms with Crippen LogP contribution in [0.5, 0.6) is 0 Å². The number of hydrogen-bond donors (Lipinski definition) is 2. The molecule has 0 saturated carbocycles. The van der Waals surface area contributed by atoms with Crippen molar-refractivity contribution in [3.63, 3.8) is 0 Å². The number of aliphatic hydroxyl groups is 1. The first kappa shape index (κ1) is 13.5. The average Bonchev–Trinajstić information content (AvgIpc) is 2.29. The molecule has 0 aliphatic rings. The average molecular weight is 257 g/mol. The highest BCUT2D eigenvalue weighted by Gasteiger charge is 2.17. The van der Waals surface area contributed by atoms with Gasteiger partial charge >= 0.3 is 5.97 Å². The molecule has 0 amide bonds. The fourth-order valence-corrected chi connectivity index (χ4v) is 2.10. The van der Waals surface area contributed by atoms with Gasteiger partial charge < -0.3 is 10.2 Å². The quantitative estimate of drug-likeness (QED) is 0.348. The number of hydrogen-bond acceptors (Lipinski definition) is 5. The second-order valence-corrected chi connectivity index (χ2v) is 4.31. The van der Waals surface area contributed by atoms with Crippen molar-refractivity contribution in [2.24, 2.45) is 0 Å². The van der Waals surface area contributed by atoms with Gasteiger partial charge in [-0.15, -0.1) is 11.8 Å². The van der Waals surface area contributed by atoms with E-state index in [1.165, 1.54) is 23.9 Å². The van der Waals surface area contributed by atoms with Crippen LogP contribution in [-0.2, 0) is 0 Å². The number of aromatic carboxylic acids is 1. The molecule has 0 fully saturated rings. The predicted molar refractivity (Wildman–Crippen MR) is 62.5 cm³/mol. The Bertz CT molecular complexity index is 435. The molecule has 0 aliphatic heterocycles. The first-order valence-corrected chi connectivity index (χ1v) is 5.80. The van der Waals surface area contributed by atoms with Gasteiger partial charge in [-0.05, 0) is 18.6 Å². The molecule has 2 N–H and O–H groups in total. The highest BCUT2D eigenvalue weighted by Crippen LogP contribution is 2.30. The van der Waals surface area contributed by atoms with Gasteiger partial charge in [0, 0.05) is 18.4 Å². The number of carbonyl (C=O) groups is 1. The summed E-state index contributed by atoms with van der Waals surface area (Å²) in [6.45, 7) is 0.0218. The van der Waals surface area contributed by atoms with E-state index < -0.39 is 10.9 Å². The van der Waals surface area contributed by atoms with Crippen molar-refractivity contribution >= 4 is 23.4 Å². The molecule has 7 heteroatoms. The van der Waals surface area contributed by atoms with Gasteiger partial charge in [-0.25, -0.2) is 4.79 Å². The van der Waals surface area contributed by atoms with Gasteiger partial charge in [-0.2, -0.15) is 0 Å². The van der Waals surface area contributed by atoms with Crippen LogP contribution in [0.3, 0.4) is 0 Å². The molecule has 0 bridgehead atoms. The van der Waals surface area contributed by atoms with Crippen LogP contribution < -0.4 is 0 Å². The SMILES string of the molecule is O=C(O)c1ccc(SCCCO)c([N+](=O)[O-])c1. The molecule has 1 rings (SSSR count). The summed E-state index contributed by atoms with van der Waals surface area (Å²) >= 11 is 1.23. The lowest BCUT2D eigenvalue weighted by Gasteiger charge is -2.03. The van der Waals surface area contributed by atoms with E-state index in [4.69, 9.17) is 10.2 Å². The maximum atomic E-state index is 10.8. The molecule has 0 atom stereocenters. The van der Waals surface area contributed by atoms with E-state index in [1.807, 2.05) is 0 Å². The lowest BCUT2D eigenvalue weighted by molar-refractivity contribution is -0.387. The van der Waals surface area contributed by atoms with E-state index in [1.54, 1.807) is 0 Å². The van der Waals surface area contributed by atoms with Crippen LogP contribution >= 0.6 is 11.8 Å². The third-order valence-electron chi connectivity index (χ3n) is 1.96. The van der Waals surface area contributed by atoms with Crippen molar-refractivity contribution in [3.05, 3.63) is 33.9 Å². The van der Waals surface area contributed by atoms with Gasteiger partial charge in [-0.3, -0.25) is 10.1 Å². The summed E-state index contributed by atoms with van der Waals surface area (Å²) in [5.41, 5.74) is -0.323. The summed E-state index contributed by atoms with van der Waals surface area (Å²) in [4.78, 5) is 21.3. The molecule has 17 heavy (non-hydrogen) atoms. The Morgan fingerprint density at radius 2 is 2.18 bits per heavy atom. The Kier molecular flexibility index (Phi) is 4.92. The molecule has 1 aromatic carbocycles. The number of rotatable bonds is 6. The fourth-order valence-electron chi connectivity index (χ4n) is 1.16. The number of aliphatic hydroxyl groups excluding tert-OH is 1. The summed E-state index contributed by atoms with van der Waals surface area (Å²) < 4.78 is 0. The summed E-state index contributed by atoms with van der Waals surface area (Å²) in [6, 6.07) is 3.80. The lowest BCUT2D eigenvalue weighted by atomic mass is 10.2. The van der Waals surface area contributed by atoms with Crippen LogP contribution in [0.1, 0.15) is 16.8 Å². The normalized spacial score (nSPS) is 10.2. The van der Waals surface area contributed by atoms with E-state index in [-0.39, 0.29) is 17.9 Å². The zero-order chi connectivity index (χ0) is 12.8. The molecule has 0 unspecified atom stereocenters. The van der Waals surface area contributed by atoms with Crippen LogP contribution in [0.2, 0.25) is 0 Å². The molecule has 0 radical (unpaired) electrons. The van der Waals surface area contributed by atoms with Gasteiger partial charge in [0.15, 0.2) is 0 Å². The van der Waals surface area contributed by atoms with Crippen molar-refractivity contribution in [1.82, 2.24) is 0 Å². The first-order chi connectivity index (χ1) is 8.06. The van der Waals surface area contributed by atoms with Crippen LogP contribution in [0.4, 0.5) is 5.69 Å². The van der Waals surface area contributed by atoms with Crippen LogP contribution in [-0.4, -0.2) is 33.5 Å². The van der Waals surface area contributed by atoms with Crippen molar-refractivity contribution in [2.45, 2.75) is 11.3 Å². The molecular formula is C10H11NO5S. The molecule has 0 aromatic heterocycles. The van der Waals surface area contributed by atoms with Crippen molar-refractivity contribution in [3.8, 4) is 0 Å². The van der Waals surface area contributed by atoms with Gasteiger partial charge in [0.25, 0.3) is 5.69 Å². The number of nitrogens with zero attached hydrogens (tertiary/aromatic N) is 1. The van der Waals surface area contributed by atoms with Crippen LogP contribution in [0.25, 0.3) is 0 Å². The van der Waals surface area contributed by atoms with Gasteiger partial charge in [0.05, 0.1) is 15.4 Å². The summed E-state index contributed by atoms with van der Waals surface area (Å²) in [5, 5.41) is 28.1. The summed E-state index contributed by atoms with van der Waals surface area (Å²) in [7, 11) is 0. The maximum absolute atomic E-state index is 10.8. The van der Waals surface area contributed by atoms with Gasteiger partial charge in [-0.1, -0.05) is 0 Å². The third kappa shape index (κ3) is 3.72. The summed E-state index contributed by atoms with van der Waals surface area (Å²) in [5.74, 6) is -0.649. The Hall–Kier alpha value is -1.60. The summed E-state index contributed by atoms with van der Waals surface area (Å²) in [6.07, 6.45) is 0.530. The van der Waals surface area contributed by atoms with E-state index >= 15 is 0 Å². The minimum absolute atomic E-state index is 0.0218. The topological polar surface area (TPSA) is 101 Å². The zero-order valence-corrected chi connectivity index (χ0v) is 9.64. The molecular weight excluding hydrogens is 246 g/mol. The molecule has 92 valence electrons. The number of thioether (sulfide) groups is 1. The van der Waals surface area contributed by atoms with Crippen molar-refractivity contribution < 1.29 is 19.9 Å². The molecule has 0 spiro atoms. The predicted octanol–water partition coefficient (Wildman–Crippen LogP) is 1.77. The Morgan fingerprint density at radius 1 is 1.47 bits per heavy atom. The van der Waals surface area contributed by atoms with Crippen molar-refractivity contribution in [1.29, 1.82) is 0 Å². The third-order valence-corrected chi connectivity index (χ3v) is 3.11. The maximum Gasteiger partial charge on any atom is 0.335 e. The van der Waals surface area contributed by atoms with E-state index in [2.05, 4.69) is 0 Å². The Labute approximate surface area is 101 Å². The van der Waals surface area contributed by atoms with Gasteiger partial charge in [0.1, 0.15) is 0 Å². The van der Waals surface area contributed by atoms with E-state index in [0.717, 1.165) is 6.07 Å². The molecule has 0 aliphatic carbocycles. The molecule has 0 heterocycles. The highest BCUT2D eigenvalue weighted by molar-refractivity contribution is 7.99. The first-order valence-electron chi connectivity index (χ1n) is 4.81. The molecule has 6 nitrogen and oxygen atoms in total. The number of nitro groups is 1. The number of carboxylic acid groups (broad SMARTS) is 1. The minimum atomic E-state index is -1.19. The number of nitro benzene ring substituents is 1. The monoisotopic (exact) mass is 257 g/mol. The lowest BCUT2D eigenvalue weighted by Crippen LogP contribution is -1.99. The Morgan fingerprint density at radius 3 is 2.71 bits per heavy atom. The standard InChI is InChI=1S/C10H11NO5S/c12-4-1-5-17-9-3-2-7(10(13)14)6-8(9)11(15)16/h2-3,6,12H,1,4-5H2,(H,13,14). The largest absolute Gasteiger partial charge is 0.478 e. The Balaban J connectivity index is 2.96. The second-order valence-electron chi connectivity index (χ2n) is 3.17. The molecule has 1 aromatic rings. The zero-order valence-electron chi connectivity index (χ0n) is 8.83. The second kappa shape index (κ2) is 6.21. The van der Waals surface area contributed by atoms with Gasteiger partial charge in [0.2, 0.25) is 0 Å². The van der Waals surface area contributed by atoms with Crippen LogP contribution in [0, 0.1) is 10.1 Å². The minimum Gasteiger partial charge on any atom is -0.478 e. The number of benzene rings is 1.